The third-order valence-electron chi connectivity index (χ3n) is 1.75. The van der Waals surface area contributed by atoms with E-state index in [-0.39, 0.29) is 0 Å². The van der Waals surface area contributed by atoms with Crippen molar-refractivity contribution in [1.29, 1.82) is 0 Å². The lowest BCUT2D eigenvalue weighted by atomic mass is 10.1. The van der Waals surface area contributed by atoms with Crippen molar-refractivity contribution in [3.05, 3.63) is 27.7 Å². The second-order valence-corrected chi connectivity index (χ2v) is 4.12. The predicted octanol–water partition coefficient (Wildman–Crippen LogP) is 3.32. The molecule has 0 N–H and O–H groups in total. The average molecular weight is 279 g/mol. The van der Waals surface area contributed by atoms with Crippen LogP contribution in [-0.4, -0.2) is 7.11 Å². The molecule has 0 aliphatic rings. The van der Waals surface area contributed by atoms with Gasteiger partial charge in [0.15, 0.2) is 0 Å². The summed E-state index contributed by atoms with van der Waals surface area (Å²) in [7, 11) is 1.67. The van der Waals surface area contributed by atoms with E-state index in [4.69, 9.17) is 4.74 Å². The standard InChI is InChI=1S/C9H11BrOS2/c1-11-9-6(4-12)2-8(10)3-7(9)5-13/h2-3,12-13H,4-5H2,1H3. The summed E-state index contributed by atoms with van der Waals surface area (Å²) in [4.78, 5) is 0. The fourth-order valence-corrected chi connectivity index (χ4v) is 2.23. The molecule has 0 aromatic heterocycles. The first kappa shape index (κ1) is 11.3. The molecule has 1 rings (SSSR count). The van der Waals surface area contributed by atoms with Crippen molar-refractivity contribution in [2.75, 3.05) is 7.11 Å². The molecule has 0 bridgehead atoms. The molecule has 0 radical (unpaired) electrons. The van der Waals surface area contributed by atoms with Gasteiger partial charge in [-0.05, 0) is 12.1 Å². The summed E-state index contributed by atoms with van der Waals surface area (Å²) in [6, 6.07) is 4.03. The molecule has 0 saturated carbocycles. The Balaban J connectivity index is 3.25. The maximum atomic E-state index is 5.29. The molecule has 0 spiro atoms. The van der Waals surface area contributed by atoms with Crippen LogP contribution in [0.15, 0.2) is 16.6 Å². The fraction of sp³-hybridized carbons (Fsp3) is 0.333. The summed E-state index contributed by atoms with van der Waals surface area (Å²) in [5.41, 5.74) is 2.17. The lowest BCUT2D eigenvalue weighted by molar-refractivity contribution is 0.408. The number of methoxy groups -OCH3 is 1. The lowest BCUT2D eigenvalue weighted by Crippen LogP contribution is -1.94. The molecule has 1 aromatic rings. The topological polar surface area (TPSA) is 9.23 Å². The first-order chi connectivity index (χ1) is 6.22. The average Bonchev–Trinajstić information content (AvgIpc) is 2.16. The van der Waals surface area contributed by atoms with Gasteiger partial charge in [0.25, 0.3) is 0 Å². The first-order valence-corrected chi connectivity index (χ1v) is 5.85. The highest BCUT2D eigenvalue weighted by Crippen LogP contribution is 2.30. The van der Waals surface area contributed by atoms with Crippen LogP contribution >= 0.6 is 41.2 Å². The van der Waals surface area contributed by atoms with Gasteiger partial charge in [-0.2, -0.15) is 25.3 Å². The Labute approximate surface area is 97.8 Å². The third kappa shape index (κ3) is 2.58. The summed E-state index contributed by atoms with van der Waals surface area (Å²) in [5, 5.41) is 0. The quantitative estimate of drug-likeness (QED) is 0.807. The van der Waals surface area contributed by atoms with E-state index >= 15 is 0 Å². The maximum absolute atomic E-state index is 5.29. The monoisotopic (exact) mass is 278 g/mol. The Morgan fingerprint density at radius 1 is 1.23 bits per heavy atom. The Morgan fingerprint density at radius 2 is 1.69 bits per heavy atom. The molecule has 0 atom stereocenters. The molecule has 0 fully saturated rings. The zero-order valence-corrected chi connectivity index (χ0v) is 10.6. The minimum absolute atomic E-state index is 0.670. The number of hydrogen-bond donors (Lipinski definition) is 2. The highest BCUT2D eigenvalue weighted by atomic mass is 79.9. The van der Waals surface area contributed by atoms with Gasteiger partial charge in [-0.3, -0.25) is 0 Å². The van der Waals surface area contributed by atoms with Crippen molar-refractivity contribution >= 4 is 41.2 Å². The second kappa shape index (κ2) is 5.17. The SMILES string of the molecule is COc1c(CS)cc(Br)cc1CS. The molecule has 0 aliphatic carbocycles. The van der Waals surface area contributed by atoms with Crippen molar-refractivity contribution in [3.63, 3.8) is 0 Å². The van der Waals surface area contributed by atoms with Gasteiger partial charge in [-0.15, -0.1) is 0 Å². The minimum Gasteiger partial charge on any atom is -0.496 e. The van der Waals surface area contributed by atoms with E-state index in [2.05, 4.69) is 41.2 Å². The van der Waals surface area contributed by atoms with E-state index in [1.54, 1.807) is 7.11 Å². The van der Waals surface area contributed by atoms with Crippen LogP contribution in [0.5, 0.6) is 5.75 Å². The smallest absolute Gasteiger partial charge is 0.126 e. The molecule has 0 saturated heterocycles. The summed E-state index contributed by atoms with van der Waals surface area (Å²) in [5.74, 6) is 2.24. The van der Waals surface area contributed by atoms with E-state index < -0.39 is 0 Å². The van der Waals surface area contributed by atoms with Crippen LogP contribution in [0.4, 0.5) is 0 Å². The van der Waals surface area contributed by atoms with Crippen LogP contribution in [-0.2, 0) is 11.5 Å². The van der Waals surface area contributed by atoms with Crippen molar-refractivity contribution in [3.8, 4) is 5.75 Å². The molecule has 0 unspecified atom stereocenters. The van der Waals surface area contributed by atoms with Crippen molar-refractivity contribution in [2.45, 2.75) is 11.5 Å². The Kier molecular flexibility index (Phi) is 4.49. The number of benzene rings is 1. The van der Waals surface area contributed by atoms with Crippen LogP contribution in [0.25, 0.3) is 0 Å². The van der Waals surface area contributed by atoms with Gasteiger partial charge < -0.3 is 4.74 Å². The van der Waals surface area contributed by atoms with Gasteiger partial charge in [0.05, 0.1) is 7.11 Å². The van der Waals surface area contributed by atoms with Crippen molar-refractivity contribution in [1.82, 2.24) is 0 Å². The van der Waals surface area contributed by atoms with Gasteiger partial charge in [0.2, 0.25) is 0 Å². The zero-order chi connectivity index (χ0) is 9.84. The zero-order valence-electron chi connectivity index (χ0n) is 7.25. The molecular weight excluding hydrogens is 268 g/mol. The normalized spacial score (nSPS) is 10.2. The number of halogens is 1. The third-order valence-corrected chi connectivity index (χ3v) is 2.89. The number of hydrogen-bond acceptors (Lipinski definition) is 3. The van der Waals surface area contributed by atoms with E-state index in [0.717, 1.165) is 21.3 Å². The van der Waals surface area contributed by atoms with Gasteiger partial charge in [-0.1, -0.05) is 15.9 Å². The summed E-state index contributed by atoms with van der Waals surface area (Å²) < 4.78 is 6.34. The Morgan fingerprint density at radius 3 is 2.00 bits per heavy atom. The van der Waals surface area contributed by atoms with Crippen molar-refractivity contribution < 1.29 is 4.74 Å². The molecule has 0 amide bonds. The molecule has 13 heavy (non-hydrogen) atoms. The predicted molar refractivity (Wildman–Crippen MR) is 66.1 cm³/mol. The molecule has 1 aromatic carbocycles. The minimum atomic E-state index is 0.670. The number of ether oxygens (including phenoxy) is 1. The van der Waals surface area contributed by atoms with E-state index in [1.807, 2.05) is 12.1 Å². The van der Waals surface area contributed by atoms with Crippen LogP contribution in [0, 0.1) is 0 Å². The van der Waals surface area contributed by atoms with Crippen LogP contribution in [0.2, 0.25) is 0 Å². The fourth-order valence-electron chi connectivity index (χ4n) is 1.21. The molecule has 1 nitrogen and oxygen atoms in total. The lowest BCUT2D eigenvalue weighted by Gasteiger charge is -2.11. The highest BCUT2D eigenvalue weighted by molar-refractivity contribution is 9.10. The van der Waals surface area contributed by atoms with E-state index in [1.165, 1.54) is 0 Å². The van der Waals surface area contributed by atoms with Gasteiger partial charge >= 0.3 is 0 Å². The molecule has 0 aliphatic heterocycles. The van der Waals surface area contributed by atoms with Gasteiger partial charge in [0, 0.05) is 27.1 Å². The van der Waals surface area contributed by atoms with Crippen molar-refractivity contribution in [2.24, 2.45) is 0 Å². The van der Waals surface area contributed by atoms with E-state index in [0.29, 0.717) is 11.5 Å². The maximum Gasteiger partial charge on any atom is 0.126 e. The summed E-state index contributed by atoms with van der Waals surface area (Å²) in [6.07, 6.45) is 0. The summed E-state index contributed by atoms with van der Waals surface area (Å²) >= 11 is 11.9. The van der Waals surface area contributed by atoms with Gasteiger partial charge in [-0.25, -0.2) is 0 Å². The Hall–Kier alpha value is 0.200. The number of rotatable bonds is 3. The van der Waals surface area contributed by atoms with Crippen LogP contribution in [0.1, 0.15) is 11.1 Å². The largest absolute Gasteiger partial charge is 0.496 e. The molecular formula is C9H11BrOS2. The number of thiol groups is 2. The second-order valence-electron chi connectivity index (χ2n) is 2.57. The van der Waals surface area contributed by atoms with Crippen LogP contribution in [0.3, 0.4) is 0 Å². The molecule has 72 valence electrons. The molecule has 0 heterocycles. The first-order valence-electron chi connectivity index (χ1n) is 3.80. The highest BCUT2D eigenvalue weighted by Gasteiger charge is 2.08. The summed E-state index contributed by atoms with van der Waals surface area (Å²) in [6.45, 7) is 0. The van der Waals surface area contributed by atoms with Gasteiger partial charge in [0.1, 0.15) is 5.75 Å². The Bertz CT molecular complexity index is 277. The van der Waals surface area contributed by atoms with Crippen LogP contribution < -0.4 is 4.74 Å². The van der Waals surface area contributed by atoms with E-state index in [9.17, 15) is 0 Å². The molecule has 4 heteroatoms.